The number of nitrogens with one attached hydrogen (secondary N) is 1. The first-order valence-corrected chi connectivity index (χ1v) is 9.90. The summed E-state index contributed by atoms with van der Waals surface area (Å²) >= 11 is 0. The average molecular weight is 412 g/mol. The molecule has 1 aromatic carbocycles. The number of pyridine rings is 1. The monoisotopic (exact) mass is 412 g/mol. The van der Waals surface area contributed by atoms with Crippen LogP contribution in [0.2, 0.25) is 0 Å². The van der Waals surface area contributed by atoms with Crippen LogP contribution < -0.4 is 10.1 Å². The molecule has 158 valence electrons. The number of fused-ring (bicyclic) bond motifs is 3. The predicted octanol–water partition coefficient (Wildman–Crippen LogP) is 1.82. The summed E-state index contributed by atoms with van der Waals surface area (Å²) in [7, 11) is 1.34. The quantitative estimate of drug-likeness (QED) is 0.697. The fourth-order valence-corrected chi connectivity index (χ4v) is 4.13. The highest BCUT2D eigenvalue weighted by molar-refractivity contribution is 5.92. The maximum atomic E-state index is 12.4. The minimum absolute atomic E-state index is 0.0439. The van der Waals surface area contributed by atoms with Crippen molar-refractivity contribution in [2.45, 2.75) is 43.5 Å². The van der Waals surface area contributed by atoms with Crippen LogP contribution in [0.3, 0.4) is 0 Å². The number of aliphatic hydroxyl groups excluding tert-OH is 1. The molecule has 2 N–H and O–H groups in total. The number of methoxy groups -OCH3 is 1. The summed E-state index contributed by atoms with van der Waals surface area (Å²) in [5.74, 6) is 0.183. The van der Waals surface area contributed by atoms with Crippen molar-refractivity contribution >= 4 is 17.6 Å². The van der Waals surface area contributed by atoms with Gasteiger partial charge in [0, 0.05) is 29.6 Å². The molecule has 1 fully saturated rings. The van der Waals surface area contributed by atoms with Gasteiger partial charge in [0.05, 0.1) is 32.7 Å². The van der Waals surface area contributed by atoms with E-state index in [1.165, 1.54) is 7.11 Å². The number of hydrogen-bond donors (Lipinski definition) is 2. The Morgan fingerprint density at radius 2 is 2.07 bits per heavy atom. The van der Waals surface area contributed by atoms with Gasteiger partial charge in [0.1, 0.15) is 18.0 Å². The molecule has 0 radical (unpaired) electrons. The van der Waals surface area contributed by atoms with E-state index in [-0.39, 0.29) is 49.5 Å². The van der Waals surface area contributed by atoms with Gasteiger partial charge in [-0.05, 0) is 42.3 Å². The van der Waals surface area contributed by atoms with E-state index in [1.54, 1.807) is 30.6 Å². The number of hydrogen-bond acceptors (Lipinski definition) is 7. The van der Waals surface area contributed by atoms with Gasteiger partial charge in [-0.25, -0.2) is 0 Å². The van der Waals surface area contributed by atoms with Gasteiger partial charge in [0.15, 0.2) is 0 Å². The van der Waals surface area contributed by atoms with Gasteiger partial charge in [-0.3, -0.25) is 14.6 Å². The number of benzene rings is 1. The first-order chi connectivity index (χ1) is 14.6. The molecular weight excluding hydrogens is 388 g/mol. The average Bonchev–Trinajstić information content (AvgIpc) is 3.11. The molecule has 30 heavy (non-hydrogen) atoms. The Morgan fingerprint density at radius 1 is 1.27 bits per heavy atom. The number of aromatic nitrogens is 1. The summed E-state index contributed by atoms with van der Waals surface area (Å²) in [4.78, 5) is 28.0. The molecule has 0 bridgehead atoms. The highest BCUT2D eigenvalue weighted by Gasteiger charge is 2.46. The van der Waals surface area contributed by atoms with Gasteiger partial charge in [0.2, 0.25) is 5.91 Å². The van der Waals surface area contributed by atoms with Crippen LogP contribution in [0.1, 0.15) is 29.9 Å². The van der Waals surface area contributed by atoms with Gasteiger partial charge in [-0.1, -0.05) is 0 Å². The zero-order valence-corrected chi connectivity index (χ0v) is 16.6. The van der Waals surface area contributed by atoms with Crippen LogP contribution in [0.25, 0.3) is 0 Å². The Kier molecular flexibility index (Phi) is 5.96. The standard InChI is InChI=1S/C22H24N2O6/c1-28-21(27)11-15-10-17-16-9-14(24-20(26)8-13-4-6-23-7-5-13)2-3-18(16)30-22(17)19(12-25)29-15/h2-7,9,15,17,19,22,25H,8,10-12H2,1H3,(H,24,26)/t15-,17-,19+,22+/m0/s1. The SMILES string of the molecule is COC(=O)C[C@@H]1C[C@H]2c3cc(NC(=O)Cc4ccncc4)ccc3O[C@H]2[C@@H](CO)O1. The minimum Gasteiger partial charge on any atom is -0.487 e. The lowest BCUT2D eigenvalue weighted by Gasteiger charge is -2.36. The summed E-state index contributed by atoms with van der Waals surface area (Å²) in [5.41, 5.74) is 2.50. The van der Waals surface area contributed by atoms with Crippen LogP contribution in [0, 0.1) is 0 Å². The van der Waals surface area contributed by atoms with Crippen molar-refractivity contribution in [3.05, 3.63) is 53.9 Å². The predicted molar refractivity (Wildman–Crippen MR) is 107 cm³/mol. The molecule has 0 aliphatic carbocycles. The molecule has 0 spiro atoms. The van der Waals surface area contributed by atoms with E-state index in [1.807, 2.05) is 12.1 Å². The molecule has 2 aliphatic heterocycles. The fourth-order valence-electron chi connectivity index (χ4n) is 4.13. The molecule has 0 unspecified atom stereocenters. The smallest absolute Gasteiger partial charge is 0.308 e. The van der Waals surface area contributed by atoms with E-state index in [4.69, 9.17) is 14.2 Å². The van der Waals surface area contributed by atoms with E-state index in [9.17, 15) is 14.7 Å². The molecule has 2 aromatic rings. The Hall–Kier alpha value is -2.97. The lowest BCUT2D eigenvalue weighted by Crippen LogP contribution is -2.46. The third kappa shape index (κ3) is 4.29. The van der Waals surface area contributed by atoms with E-state index >= 15 is 0 Å². The van der Waals surface area contributed by atoms with E-state index in [0.29, 0.717) is 17.9 Å². The number of aliphatic hydroxyl groups is 1. The fraction of sp³-hybridized carbons (Fsp3) is 0.409. The van der Waals surface area contributed by atoms with Crippen LogP contribution in [-0.4, -0.2) is 54.0 Å². The van der Waals surface area contributed by atoms with Crippen LogP contribution in [0.5, 0.6) is 5.75 Å². The maximum absolute atomic E-state index is 12.4. The minimum atomic E-state index is -0.532. The summed E-state index contributed by atoms with van der Waals surface area (Å²) in [6, 6.07) is 9.12. The molecule has 3 heterocycles. The second kappa shape index (κ2) is 8.81. The lowest BCUT2D eigenvalue weighted by molar-refractivity contribution is -0.156. The van der Waals surface area contributed by atoms with Crippen molar-refractivity contribution in [1.29, 1.82) is 0 Å². The number of carbonyl (C=O) groups is 2. The molecule has 8 nitrogen and oxygen atoms in total. The second-order valence-corrected chi connectivity index (χ2v) is 7.52. The van der Waals surface area contributed by atoms with Crippen LogP contribution in [0.4, 0.5) is 5.69 Å². The third-order valence-corrected chi connectivity index (χ3v) is 5.52. The highest BCUT2D eigenvalue weighted by Crippen LogP contribution is 2.47. The third-order valence-electron chi connectivity index (χ3n) is 5.52. The van der Waals surface area contributed by atoms with Crippen LogP contribution in [-0.2, 0) is 25.5 Å². The molecule has 1 aromatic heterocycles. The summed E-state index contributed by atoms with van der Waals surface area (Å²) < 4.78 is 16.6. The van der Waals surface area contributed by atoms with Gasteiger partial charge in [-0.15, -0.1) is 0 Å². The highest BCUT2D eigenvalue weighted by atomic mass is 16.6. The van der Waals surface area contributed by atoms with Crippen molar-refractivity contribution < 1.29 is 28.9 Å². The van der Waals surface area contributed by atoms with E-state index < -0.39 is 6.10 Å². The number of amides is 1. The summed E-state index contributed by atoms with van der Waals surface area (Å²) in [5, 5.41) is 12.7. The topological polar surface area (TPSA) is 107 Å². The Bertz CT molecular complexity index is 919. The van der Waals surface area contributed by atoms with Crippen LogP contribution in [0.15, 0.2) is 42.7 Å². The molecule has 1 amide bonds. The molecule has 0 saturated carbocycles. The van der Waals surface area contributed by atoms with Crippen molar-refractivity contribution in [3.8, 4) is 5.75 Å². The molecule has 1 saturated heterocycles. The Labute approximate surface area is 174 Å². The van der Waals surface area contributed by atoms with Crippen molar-refractivity contribution in [3.63, 3.8) is 0 Å². The number of anilines is 1. The number of ether oxygens (including phenoxy) is 3. The summed E-state index contributed by atoms with van der Waals surface area (Å²) in [6.07, 6.45) is 3.02. The molecule has 4 rings (SSSR count). The molecule has 8 heteroatoms. The van der Waals surface area contributed by atoms with E-state index in [0.717, 1.165) is 11.1 Å². The second-order valence-electron chi connectivity index (χ2n) is 7.52. The lowest BCUT2D eigenvalue weighted by atomic mass is 9.84. The number of nitrogens with zero attached hydrogens (tertiary/aromatic N) is 1. The van der Waals surface area contributed by atoms with Crippen LogP contribution >= 0.6 is 0 Å². The Morgan fingerprint density at radius 3 is 2.80 bits per heavy atom. The van der Waals surface area contributed by atoms with E-state index in [2.05, 4.69) is 10.3 Å². The Balaban J connectivity index is 1.49. The normalized spacial score (nSPS) is 24.3. The first-order valence-electron chi connectivity index (χ1n) is 9.90. The summed E-state index contributed by atoms with van der Waals surface area (Å²) in [6.45, 7) is -0.206. The number of carbonyl (C=O) groups excluding carboxylic acids is 2. The molecule has 4 atom stereocenters. The first kappa shape index (κ1) is 20.3. The van der Waals surface area contributed by atoms with Gasteiger partial charge in [0.25, 0.3) is 0 Å². The zero-order valence-electron chi connectivity index (χ0n) is 16.6. The van der Waals surface area contributed by atoms with Crippen molar-refractivity contribution in [2.24, 2.45) is 0 Å². The molecule has 2 aliphatic rings. The largest absolute Gasteiger partial charge is 0.487 e. The van der Waals surface area contributed by atoms with Gasteiger partial charge < -0.3 is 24.6 Å². The molecular formula is C22H24N2O6. The number of esters is 1. The van der Waals surface area contributed by atoms with Crippen molar-refractivity contribution in [1.82, 2.24) is 4.98 Å². The maximum Gasteiger partial charge on any atom is 0.308 e. The van der Waals surface area contributed by atoms with Gasteiger partial charge in [-0.2, -0.15) is 0 Å². The zero-order chi connectivity index (χ0) is 21.1. The van der Waals surface area contributed by atoms with Gasteiger partial charge >= 0.3 is 5.97 Å². The van der Waals surface area contributed by atoms with Crippen molar-refractivity contribution in [2.75, 3.05) is 19.0 Å². The number of rotatable bonds is 6.